The minimum atomic E-state index is -3.54. The molecule has 1 fully saturated rings. The lowest BCUT2D eigenvalue weighted by molar-refractivity contribution is 0.227. The number of hydrogen-bond donors (Lipinski definition) is 2. The fourth-order valence-corrected chi connectivity index (χ4v) is 4.25. The van der Waals surface area contributed by atoms with Crippen LogP contribution in [0.1, 0.15) is 25.7 Å². The van der Waals surface area contributed by atoms with Gasteiger partial charge in [-0.25, -0.2) is 13.1 Å². The Hall–Kier alpha value is -0.630. The minimum Gasteiger partial charge on any atom is -0.398 e. The number of hydrogen-bond acceptors (Lipinski definition) is 4. The molecule has 0 radical (unpaired) electrons. The Balaban J connectivity index is 1.85. The molecular formula is C14H22BrN3O2S. The van der Waals surface area contributed by atoms with Crippen LogP contribution >= 0.6 is 15.9 Å². The largest absolute Gasteiger partial charge is 0.398 e. The van der Waals surface area contributed by atoms with E-state index in [1.54, 1.807) is 12.1 Å². The van der Waals surface area contributed by atoms with Crippen molar-refractivity contribution >= 4 is 31.6 Å². The van der Waals surface area contributed by atoms with E-state index < -0.39 is 10.0 Å². The van der Waals surface area contributed by atoms with Crippen molar-refractivity contribution in [3.05, 3.63) is 22.7 Å². The molecule has 1 saturated heterocycles. The van der Waals surface area contributed by atoms with Gasteiger partial charge in [-0.1, -0.05) is 22.4 Å². The molecule has 0 amide bonds. The Labute approximate surface area is 135 Å². The van der Waals surface area contributed by atoms with Crippen LogP contribution in [0.4, 0.5) is 5.69 Å². The van der Waals surface area contributed by atoms with Crippen molar-refractivity contribution in [2.45, 2.75) is 30.6 Å². The Morgan fingerprint density at radius 2 is 1.95 bits per heavy atom. The second kappa shape index (κ2) is 7.58. The van der Waals surface area contributed by atoms with Gasteiger partial charge in [-0.15, -0.1) is 0 Å². The zero-order valence-electron chi connectivity index (χ0n) is 12.0. The highest BCUT2D eigenvalue weighted by Gasteiger charge is 2.17. The monoisotopic (exact) mass is 375 g/mol. The number of likely N-dealkylation sites (tertiary alicyclic amines) is 1. The molecular weight excluding hydrogens is 354 g/mol. The molecule has 21 heavy (non-hydrogen) atoms. The Morgan fingerprint density at radius 1 is 1.24 bits per heavy atom. The number of halogens is 1. The number of nitrogens with two attached hydrogens (primary N) is 1. The first-order valence-electron chi connectivity index (χ1n) is 7.26. The summed E-state index contributed by atoms with van der Waals surface area (Å²) in [7, 11) is -3.54. The molecule has 0 saturated carbocycles. The van der Waals surface area contributed by atoms with Crippen molar-refractivity contribution in [2.24, 2.45) is 0 Å². The van der Waals surface area contributed by atoms with Crippen molar-refractivity contribution < 1.29 is 8.42 Å². The maximum atomic E-state index is 12.2. The SMILES string of the molecule is Nc1ccc(Br)cc1S(=O)(=O)NCCCN1CCCCC1. The number of nitrogen functional groups attached to an aromatic ring is 1. The summed E-state index contributed by atoms with van der Waals surface area (Å²) in [5.41, 5.74) is 6.01. The molecule has 0 aliphatic carbocycles. The van der Waals surface area contributed by atoms with Crippen LogP contribution in [-0.2, 0) is 10.0 Å². The van der Waals surface area contributed by atoms with E-state index in [0.29, 0.717) is 11.0 Å². The van der Waals surface area contributed by atoms with Gasteiger partial charge >= 0.3 is 0 Å². The van der Waals surface area contributed by atoms with Crippen LogP contribution in [0.25, 0.3) is 0 Å². The average molecular weight is 376 g/mol. The number of rotatable bonds is 6. The smallest absolute Gasteiger partial charge is 0.242 e. The van der Waals surface area contributed by atoms with E-state index in [1.807, 2.05) is 0 Å². The van der Waals surface area contributed by atoms with E-state index >= 15 is 0 Å². The average Bonchev–Trinajstić information content (AvgIpc) is 2.47. The van der Waals surface area contributed by atoms with Gasteiger partial charge in [0.25, 0.3) is 0 Å². The summed E-state index contributed by atoms with van der Waals surface area (Å²) in [5.74, 6) is 0. The predicted molar refractivity (Wildman–Crippen MR) is 88.7 cm³/mol. The number of nitrogens with one attached hydrogen (secondary N) is 1. The van der Waals surface area contributed by atoms with E-state index in [0.717, 1.165) is 26.1 Å². The maximum absolute atomic E-state index is 12.2. The molecule has 2 rings (SSSR count). The number of sulfonamides is 1. The van der Waals surface area contributed by atoms with E-state index in [1.165, 1.54) is 25.3 Å². The number of nitrogens with zero attached hydrogens (tertiary/aromatic N) is 1. The third kappa shape index (κ3) is 4.95. The minimum absolute atomic E-state index is 0.134. The predicted octanol–water partition coefficient (Wildman–Crippen LogP) is 2.19. The third-order valence-electron chi connectivity index (χ3n) is 3.66. The summed E-state index contributed by atoms with van der Waals surface area (Å²) in [4.78, 5) is 2.53. The molecule has 118 valence electrons. The van der Waals surface area contributed by atoms with Crippen LogP contribution in [0.5, 0.6) is 0 Å². The fourth-order valence-electron chi connectivity index (χ4n) is 2.51. The Morgan fingerprint density at radius 3 is 2.67 bits per heavy atom. The third-order valence-corrected chi connectivity index (χ3v) is 5.67. The second-order valence-corrected chi connectivity index (χ2v) is 7.99. The summed E-state index contributed by atoms with van der Waals surface area (Å²) in [6.45, 7) is 3.64. The van der Waals surface area contributed by atoms with Crippen LogP contribution in [-0.4, -0.2) is 39.5 Å². The highest BCUT2D eigenvalue weighted by Crippen LogP contribution is 2.22. The Bertz CT molecular complexity index is 572. The first kappa shape index (κ1) is 16.7. The lowest BCUT2D eigenvalue weighted by atomic mass is 10.1. The van der Waals surface area contributed by atoms with Gasteiger partial charge in [0.2, 0.25) is 10.0 Å². The van der Waals surface area contributed by atoms with Crippen molar-refractivity contribution in [3.63, 3.8) is 0 Å². The molecule has 0 bridgehead atoms. The second-order valence-electron chi connectivity index (χ2n) is 5.34. The first-order chi connectivity index (χ1) is 9.99. The summed E-state index contributed by atoms with van der Waals surface area (Å²) in [6, 6.07) is 4.85. The van der Waals surface area contributed by atoms with E-state index in [9.17, 15) is 8.42 Å². The molecule has 0 aromatic heterocycles. The van der Waals surface area contributed by atoms with Gasteiger partial charge in [-0.2, -0.15) is 0 Å². The molecule has 1 heterocycles. The number of anilines is 1. The zero-order chi connectivity index (χ0) is 15.3. The zero-order valence-corrected chi connectivity index (χ0v) is 14.4. The first-order valence-corrected chi connectivity index (χ1v) is 9.54. The van der Waals surface area contributed by atoms with Gasteiger partial charge in [-0.05, 0) is 57.1 Å². The lowest BCUT2D eigenvalue weighted by Gasteiger charge is -2.26. The van der Waals surface area contributed by atoms with Gasteiger partial charge in [0, 0.05) is 11.0 Å². The van der Waals surface area contributed by atoms with Gasteiger partial charge in [0.1, 0.15) is 4.90 Å². The Kier molecular flexibility index (Phi) is 6.04. The van der Waals surface area contributed by atoms with Crippen molar-refractivity contribution in [1.29, 1.82) is 0 Å². The molecule has 0 unspecified atom stereocenters. The van der Waals surface area contributed by atoms with Crippen LogP contribution in [0, 0.1) is 0 Å². The maximum Gasteiger partial charge on any atom is 0.242 e. The fraction of sp³-hybridized carbons (Fsp3) is 0.571. The molecule has 0 spiro atoms. The summed E-state index contributed by atoms with van der Waals surface area (Å²) in [6.07, 6.45) is 4.62. The molecule has 5 nitrogen and oxygen atoms in total. The molecule has 1 aromatic carbocycles. The van der Waals surface area contributed by atoms with Gasteiger partial charge in [-0.3, -0.25) is 0 Å². The standard InChI is InChI=1S/C14H22BrN3O2S/c15-12-5-6-13(16)14(11-12)21(19,20)17-7-4-10-18-8-2-1-3-9-18/h5-6,11,17H,1-4,7-10,16H2. The van der Waals surface area contributed by atoms with Crippen molar-refractivity contribution in [3.8, 4) is 0 Å². The molecule has 1 aromatic rings. The number of benzene rings is 1. The molecule has 7 heteroatoms. The van der Waals surface area contributed by atoms with Crippen molar-refractivity contribution in [1.82, 2.24) is 9.62 Å². The molecule has 3 N–H and O–H groups in total. The van der Waals surface area contributed by atoms with Gasteiger partial charge in [0.05, 0.1) is 5.69 Å². The summed E-state index contributed by atoms with van der Waals surface area (Å²) < 4.78 is 27.8. The van der Waals surface area contributed by atoms with E-state index in [2.05, 4.69) is 25.6 Å². The van der Waals surface area contributed by atoms with Crippen LogP contribution in [0.15, 0.2) is 27.6 Å². The van der Waals surface area contributed by atoms with Crippen molar-refractivity contribution in [2.75, 3.05) is 31.9 Å². The summed E-state index contributed by atoms with van der Waals surface area (Å²) >= 11 is 3.27. The number of piperidine rings is 1. The van der Waals surface area contributed by atoms with E-state index in [4.69, 9.17) is 5.73 Å². The molecule has 0 atom stereocenters. The lowest BCUT2D eigenvalue weighted by Crippen LogP contribution is -2.33. The van der Waals surface area contributed by atoms with E-state index in [-0.39, 0.29) is 10.6 Å². The van der Waals surface area contributed by atoms with Crippen LogP contribution in [0.3, 0.4) is 0 Å². The quantitative estimate of drug-likeness (QED) is 0.590. The molecule has 1 aliphatic heterocycles. The highest BCUT2D eigenvalue weighted by molar-refractivity contribution is 9.10. The normalized spacial score (nSPS) is 17.0. The van der Waals surface area contributed by atoms with Gasteiger partial charge < -0.3 is 10.6 Å². The summed E-state index contributed by atoms with van der Waals surface area (Å²) in [5, 5.41) is 0. The molecule has 1 aliphatic rings. The van der Waals surface area contributed by atoms with Crippen LogP contribution < -0.4 is 10.5 Å². The topological polar surface area (TPSA) is 75.4 Å². The van der Waals surface area contributed by atoms with Gasteiger partial charge in [0.15, 0.2) is 0 Å². The highest BCUT2D eigenvalue weighted by atomic mass is 79.9. The van der Waals surface area contributed by atoms with Crippen LogP contribution in [0.2, 0.25) is 0 Å².